The summed E-state index contributed by atoms with van der Waals surface area (Å²) in [6, 6.07) is 7.15. The van der Waals surface area contributed by atoms with E-state index in [1.54, 1.807) is 38.3 Å². The summed E-state index contributed by atoms with van der Waals surface area (Å²) in [4.78, 5) is 27.3. The molecule has 0 N–H and O–H groups in total. The van der Waals surface area contributed by atoms with Crippen LogP contribution < -0.4 is 4.74 Å². The lowest BCUT2D eigenvalue weighted by Gasteiger charge is -2.33. The number of benzene rings is 1. The van der Waals surface area contributed by atoms with Gasteiger partial charge in [0.2, 0.25) is 5.91 Å². The summed E-state index contributed by atoms with van der Waals surface area (Å²) in [6.07, 6.45) is 0. The fourth-order valence-electron chi connectivity index (χ4n) is 2.29. The van der Waals surface area contributed by atoms with Gasteiger partial charge in [0.25, 0.3) is 0 Å². The molecule has 0 spiro atoms. The van der Waals surface area contributed by atoms with E-state index < -0.39 is 0 Å². The monoisotopic (exact) mass is 276 g/mol. The predicted molar refractivity (Wildman–Crippen MR) is 76.0 cm³/mol. The highest BCUT2D eigenvalue weighted by Crippen LogP contribution is 2.12. The Morgan fingerprint density at radius 1 is 1.10 bits per heavy atom. The van der Waals surface area contributed by atoms with Gasteiger partial charge in [-0.2, -0.15) is 0 Å². The first-order valence-corrected chi connectivity index (χ1v) is 6.75. The molecule has 1 aliphatic heterocycles. The zero-order valence-corrected chi connectivity index (χ0v) is 12.0. The molecule has 1 saturated heterocycles. The molecule has 1 fully saturated rings. The summed E-state index contributed by atoms with van der Waals surface area (Å²) in [5.41, 5.74) is 0.694. The van der Waals surface area contributed by atoms with Gasteiger partial charge >= 0.3 is 0 Å². The number of nitrogens with zero attached hydrogens (tertiary/aromatic N) is 2. The molecule has 108 valence electrons. The second-order valence-corrected chi connectivity index (χ2v) is 4.93. The summed E-state index contributed by atoms with van der Waals surface area (Å²) >= 11 is 0. The second kappa shape index (κ2) is 6.52. The van der Waals surface area contributed by atoms with Crippen LogP contribution in [0.4, 0.5) is 0 Å². The maximum atomic E-state index is 12.2. The van der Waals surface area contributed by atoms with E-state index in [4.69, 9.17) is 4.74 Å². The van der Waals surface area contributed by atoms with E-state index in [0.29, 0.717) is 25.2 Å². The molecule has 5 nitrogen and oxygen atoms in total. The molecule has 20 heavy (non-hydrogen) atoms. The van der Waals surface area contributed by atoms with Crippen LogP contribution in [0.3, 0.4) is 0 Å². The summed E-state index contributed by atoms with van der Waals surface area (Å²) in [6.45, 7) is 4.88. The third kappa shape index (κ3) is 3.57. The Bertz CT molecular complexity index is 476. The quantitative estimate of drug-likeness (QED) is 0.771. The molecule has 1 aromatic rings. The van der Waals surface area contributed by atoms with Crippen molar-refractivity contribution in [3.05, 3.63) is 29.8 Å². The van der Waals surface area contributed by atoms with E-state index >= 15 is 0 Å². The Balaban J connectivity index is 1.87. The van der Waals surface area contributed by atoms with Crippen LogP contribution in [0.2, 0.25) is 0 Å². The molecule has 1 heterocycles. The fourth-order valence-corrected chi connectivity index (χ4v) is 2.29. The van der Waals surface area contributed by atoms with E-state index in [-0.39, 0.29) is 11.7 Å². The zero-order valence-electron chi connectivity index (χ0n) is 12.0. The lowest BCUT2D eigenvalue weighted by Crippen LogP contribution is -2.49. The van der Waals surface area contributed by atoms with Crippen molar-refractivity contribution in [1.29, 1.82) is 0 Å². The van der Waals surface area contributed by atoms with Crippen molar-refractivity contribution in [3.8, 4) is 5.75 Å². The summed E-state index contributed by atoms with van der Waals surface area (Å²) in [7, 11) is 1.60. The maximum absolute atomic E-state index is 12.2. The lowest BCUT2D eigenvalue weighted by atomic mass is 10.1. The Hall–Kier alpha value is -1.88. The van der Waals surface area contributed by atoms with E-state index in [2.05, 4.69) is 4.90 Å². The van der Waals surface area contributed by atoms with Crippen molar-refractivity contribution < 1.29 is 14.3 Å². The smallest absolute Gasteiger partial charge is 0.219 e. The maximum Gasteiger partial charge on any atom is 0.219 e. The van der Waals surface area contributed by atoms with Crippen molar-refractivity contribution >= 4 is 11.7 Å². The topological polar surface area (TPSA) is 49.9 Å². The number of amides is 1. The summed E-state index contributed by atoms with van der Waals surface area (Å²) in [5.74, 6) is 0.951. The molecule has 0 aromatic heterocycles. The van der Waals surface area contributed by atoms with E-state index in [1.807, 2.05) is 4.90 Å². The van der Waals surface area contributed by atoms with Crippen molar-refractivity contribution in [2.45, 2.75) is 6.92 Å². The number of ketones is 1. The number of hydrogen-bond acceptors (Lipinski definition) is 4. The number of piperazine rings is 1. The first-order valence-electron chi connectivity index (χ1n) is 6.75. The van der Waals surface area contributed by atoms with Crippen LogP contribution in [0.15, 0.2) is 24.3 Å². The zero-order chi connectivity index (χ0) is 14.5. The van der Waals surface area contributed by atoms with Crippen LogP contribution in [0, 0.1) is 0 Å². The number of carbonyl (C=O) groups is 2. The third-order valence-electron chi connectivity index (χ3n) is 3.60. The van der Waals surface area contributed by atoms with Gasteiger partial charge in [0.1, 0.15) is 5.75 Å². The van der Waals surface area contributed by atoms with Gasteiger partial charge in [0, 0.05) is 38.7 Å². The number of ether oxygens (including phenoxy) is 1. The largest absolute Gasteiger partial charge is 0.497 e. The van der Waals surface area contributed by atoms with Gasteiger partial charge < -0.3 is 9.64 Å². The highest BCUT2D eigenvalue weighted by molar-refractivity contribution is 5.97. The molecule has 0 aliphatic carbocycles. The predicted octanol–water partition coefficient (Wildman–Crippen LogP) is 1.04. The van der Waals surface area contributed by atoms with Gasteiger partial charge in [-0.1, -0.05) is 0 Å². The highest BCUT2D eigenvalue weighted by Gasteiger charge is 2.20. The Morgan fingerprint density at radius 2 is 1.70 bits per heavy atom. The average Bonchev–Trinajstić information content (AvgIpc) is 2.48. The van der Waals surface area contributed by atoms with Gasteiger partial charge in [-0.05, 0) is 24.3 Å². The molecular formula is C15H20N2O3. The van der Waals surface area contributed by atoms with Gasteiger partial charge in [0.15, 0.2) is 5.78 Å². The summed E-state index contributed by atoms with van der Waals surface area (Å²) in [5, 5.41) is 0. The van der Waals surface area contributed by atoms with E-state index in [0.717, 1.165) is 18.8 Å². The lowest BCUT2D eigenvalue weighted by molar-refractivity contribution is -0.130. The number of methoxy groups -OCH3 is 1. The van der Waals surface area contributed by atoms with Crippen LogP contribution in [0.1, 0.15) is 17.3 Å². The molecule has 0 bridgehead atoms. The van der Waals surface area contributed by atoms with E-state index in [9.17, 15) is 9.59 Å². The number of rotatable bonds is 4. The van der Waals surface area contributed by atoms with Gasteiger partial charge in [0.05, 0.1) is 13.7 Å². The normalized spacial score (nSPS) is 16.0. The SMILES string of the molecule is COc1ccc(C(=O)CN2CCN(C(C)=O)CC2)cc1. The molecule has 1 amide bonds. The molecule has 0 saturated carbocycles. The van der Waals surface area contributed by atoms with Gasteiger partial charge in [-0.3, -0.25) is 14.5 Å². The minimum atomic E-state index is 0.101. The van der Waals surface area contributed by atoms with Crippen LogP contribution >= 0.6 is 0 Å². The molecule has 2 rings (SSSR count). The molecule has 5 heteroatoms. The number of hydrogen-bond donors (Lipinski definition) is 0. The van der Waals surface area contributed by atoms with E-state index in [1.165, 1.54) is 0 Å². The third-order valence-corrected chi connectivity index (χ3v) is 3.60. The second-order valence-electron chi connectivity index (χ2n) is 4.93. The first kappa shape index (κ1) is 14.5. The number of Topliss-reactive ketones (excluding diaryl/α,β-unsaturated/α-hetero) is 1. The molecule has 1 aliphatic rings. The Labute approximate surface area is 119 Å². The standard InChI is InChI=1S/C15H20N2O3/c1-12(18)17-9-7-16(8-10-17)11-15(19)13-3-5-14(20-2)6-4-13/h3-6H,7-11H2,1-2H3. The summed E-state index contributed by atoms with van der Waals surface area (Å²) < 4.78 is 5.07. The van der Waals surface area contributed by atoms with Crippen LogP contribution in [-0.4, -0.2) is 61.3 Å². The van der Waals surface area contributed by atoms with Gasteiger partial charge in [-0.25, -0.2) is 0 Å². The van der Waals surface area contributed by atoms with Crippen molar-refractivity contribution in [3.63, 3.8) is 0 Å². The minimum Gasteiger partial charge on any atom is -0.497 e. The first-order chi connectivity index (χ1) is 9.60. The van der Waals surface area contributed by atoms with Crippen molar-refractivity contribution in [2.24, 2.45) is 0 Å². The molecule has 0 radical (unpaired) electrons. The van der Waals surface area contributed by atoms with Crippen LogP contribution in [-0.2, 0) is 4.79 Å². The fraction of sp³-hybridized carbons (Fsp3) is 0.467. The van der Waals surface area contributed by atoms with Crippen molar-refractivity contribution in [1.82, 2.24) is 9.80 Å². The molecule has 0 unspecified atom stereocenters. The molecule has 0 atom stereocenters. The van der Waals surface area contributed by atoms with Gasteiger partial charge in [-0.15, -0.1) is 0 Å². The molecular weight excluding hydrogens is 256 g/mol. The average molecular weight is 276 g/mol. The Morgan fingerprint density at radius 3 is 2.20 bits per heavy atom. The minimum absolute atomic E-state index is 0.101. The highest BCUT2D eigenvalue weighted by atomic mass is 16.5. The Kier molecular flexibility index (Phi) is 4.74. The van der Waals surface area contributed by atoms with Crippen LogP contribution in [0.25, 0.3) is 0 Å². The number of carbonyl (C=O) groups excluding carboxylic acids is 2. The molecule has 1 aromatic carbocycles. The van der Waals surface area contributed by atoms with Crippen molar-refractivity contribution in [2.75, 3.05) is 39.8 Å². The van der Waals surface area contributed by atoms with Crippen LogP contribution in [0.5, 0.6) is 5.75 Å².